The van der Waals surface area contributed by atoms with Crippen LogP contribution in [0.2, 0.25) is 0 Å². The summed E-state index contributed by atoms with van der Waals surface area (Å²) in [5, 5.41) is 0. The van der Waals surface area contributed by atoms with Gasteiger partial charge in [0.15, 0.2) is 0 Å². The summed E-state index contributed by atoms with van der Waals surface area (Å²) in [7, 11) is 0. The number of nitrogens with one attached hydrogen (secondary N) is 1. The molecule has 0 aliphatic rings. The zero-order valence-electron chi connectivity index (χ0n) is 12.0. The highest BCUT2D eigenvalue weighted by atomic mass is 79.9. The van der Waals surface area contributed by atoms with Gasteiger partial charge in [0.2, 0.25) is 0 Å². The lowest BCUT2D eigenvalue weighted by Crippen LogP contribution is -2.41. The normalized spacial score (nSPS) is 14.9. The van der Waals surface area contributed by atoms with E-state index >= 15 is 0 Å². The summed E-state index contributed by atoms with van der Waals surface area (Å²) >= 11 is 2.03. The fourth-order valence-electron chi connectivity index (χ4n) is 1.61. The lowest BCUT2D eigenvalue weighted by Gasteiger charge is -2.28. The standard InChI is InChI=1S/C14H20BrFN2OS/c1-5-6-7-12(18-20(19)14(2,3)4)13-10(15)8-17-9-11(13)16/h5,8-9,12,18H,1,6-7H2,2-4H3. The molecule has 0 aromatic carbocycles. The van der Waals surface area contributed by atoms with Gasteiger partial charge < -0.3 is 4.55 Å². The minimum absolute atomic E-state index is 0.356. The first-order chi connectivity index (χ1) is 9.27. The minimum Gasteiger partial charge on any atom is -0.598 e. The maximum absolute atomic E-state index is 14.0. The molecule has 1 rings (SSSR count). The Morgan fingerprint density at radius 3 is 2.70 bits per heavy atom. The first-order valence-electron chi connectivity index (χ1n) is 6.35. The molecule has 1 heterocycles. The van der Waals surface area contributed by atoms with Crippen molar-refractivity contribution in [2.45, 2.75) is 44.4 Å². The van der Waals surface area contributed by atoms with E-state index in [2.05, 4.69) is 32.2 Å². The van der Waals surface area contributed by atoms with E-state index in [1.807, 2.05) is 20.8 Å². The number of hydrogen-bond donors (Lipinski definition) is 1. The van der Waals surface area contributed by atoms with E-state index < -0.39 is 21.9 Å². The van der Waals surface area contributed by atoms with Crippen LogP contribution in [0.1, 0.15) is 45.2 Å². The Balaban J connectivity index is 3.03. The molecule has 0 saturated carbocycles. The molecule has 1 N–H and O–H groups in total. The Morgan fingerprint density at radius 2 is 2.20 bits per heavy atom. The van der Waals surface area contributed by atoms with Crippen LogP contribution >= 0.6 is 15.9 Å². The molecule has 2 unspecified atom stereocenters. The number of nitrogens with zero attached hydrogens (tertiary/aromatic N) is 1. The van der Waals surface area contributed by atoms with Crippen molar-refractivity contribution in [3.63, 3.8) is 0 Å². The molecule has 0 bridgehead atoms. The van der Waals surface area contributed by atoms with Gasteiger partial charge in [-0.1, -0.05) is 6.08 Å². The average Bonchev–Trinajstić information content (AvgIpc) is 2.34. The quantitative estimate of drug-likeness (QED) is 0.613. The molecule has 0 aliphatic heterocycles. The zero-order chi connectivity index (χ0) is 15.3. The van der Waals surface area contributed by atoms with E-state index in [0.29, 0.717) is 22.9 Å². The third kappa shape index (κ3) is 4.84. The molecule has 0 aliphatic carbocycles. The van der Waals surface area contributed by atoms with Gasteiger partial charge in [-0.25, -0.2) is 4.39 Å². The largest absolute Gasteiger partial charge is 0.598 e. The number of aromatic nitrogens is 1. The zero-order valence-corrected chi connectivity index (χ0v) is 14.4. The van der Waals surface area contributed by atoms with E-state index in [4.69, 9.17) is 0 Å². The van der Waals surface area contributed by atoms with Crippen LogP contribution in [0.5, 0.6) is 0 Å². The van der Waals surface area contributed by atoms with Crippen molar-refractivity contribution in [3.8, 4) is 0 Å². The number of allylic oxidation sites excluding steroid dienone is 1. The molecule has 1 aromatic rings. The summed E-state index contributed by atoms with van der Waals surface area (Å²) in [4.78, 5) is 3.79. The minimum atomic E-state index is -1.28. The van der Waals surface area contributed by atoms with Gasteiger partial charge in [-0.05, 0) is 49.5 Å². The van der Waals surface area contributed by atoms with Crippen LogP contribution in [-0.2, 0) is 11.4 Å². The van der Waals surface area contributed by atoms with Gasteiger partial charge in [0.25, 0.3) is 0 Å². The molecule has 20 heavy (non-hydrogen) atoms. The van der Waals surface area contributed by atoms with Gasteiger partial charge >= 0.3 is 0 Å². The van der Waals surface area contributed by atoms with Gasteiger partial charge in [-0.2, -0.15) is 0 Å². The van der Waals surface area contributed by atoms with Crippen molar-refractivity contribution in [3.05, 3.63) is 40.9 Å². The molecule has 3 nitrogen and oxygen atoms in total. The number of pyridine rings is 1. The molecular weight excluding hydrogens is 343 g/mol. The second-order valence-electron chi connectivity index (χ2n) is 5.43. The van der Waals surface area contributed by atoms with E-state index in [1.165, 1.54) is 6.20 Å². The predicted molar refractivity (Wildman–Crippen MR) is 85.1 cm³/mol. The van der Waals surface area contributed by atoms with Crippen LogP contribution in [-0.4, -0.2) is 14.3 Å². The van der Waals surface area contributed by atoms with E-state index in [-0.39, 0.29) is 6.04 Å². The molecule has 112 valence electrons. The van der Waals surface area contributed by atoms with Crippen LogP contribution in [0, 0.1) is 5.82 Å². The fraction of sp³-hybridized carbons (Fsp3) is 0.500. The topological polar surface area (TPSA) is 48.0 Å². The molecule has 2 atom stereocenters. The summed E-state index contributed by atoms with van der Waals surface area (Å²) in [6.07, 6.45) is 5.80. The summed E-state index contributed by atoms with van der Waals surface area (Å²) in [5.41, 5.74) is 0.458. The summed E-state index contributed by atoms with van der Waals surface area (Å²) in [6.45, 7) is 9.30. The maximum atomic E-state index is 14.0. The highest BCUT2D eigenvalue weighted by Gasteiger charge is 2.31. The highest BCUT2D eigenvalue weighted by Crippen LogP contribution is 2.30. The molecule has 6 heteroatoms. The maximum Gasteiger partial charge on any atom is 0.147 e. The molecule has 0 amide bonds. The Kier molecular flexibility index (Phi) is 6.64. The molecule has 0 fully saturated rings. The molecule has 0 spiro atoms. The van der Waals surface area contributed by atoms with Crippen LogP contribution in [0.25, 0.3) is 0 Å². The number of hydrogen-bond acceptors (Lipinski definition) is 3. The second-order valence-corrected chi connectivity index (χ2v) is 8.29. The Morgan fingerprint density at radius 1 is 1.55 bits per heavy atom. The fourth-order valence-corrected chi connectivity index (χ4v) is 3.04. The number of halogens is 2. The van der Waals surface area contributed by atoms with E-state index in [9.17, 15) is 8.94 Å². The van der Waals surface area contributed by atoms with Gasteiger partial charge in [-0.3, -0.25) is 4.98 Å². The van der Waals surface area contributed by atoms with Crippen LogP contribution in [0.4, 0.5) is 4.39 Å². The monoisotopic (exact) mass is 362 g/mol. The Labute approximate surface area is 131 Å². The van der Waals surface area contributed by atoms with Crippen molar-refractivity contribution in [1.82, 2.24) is 9.71 Å². The van der Waals surface area contributed by atoms with Crippen molar-refractivity contribution in [2.75, 3.05) is 0 Å². The van der Waals surface area contributed by atoms with Crippen LogP contribution < -0.4 is 4.72 Å². The summed E-state index contributed by atoms with van der Waals surface area (Å²) < 4.78 is 29.4. The van der Waals surface area contributed by atoms with Crippen molar-refractivity contribution in [2.24, 2.45) is 0 Å². The first kappa shape index (κ1) is 17.6. The van der Waals surface area contributed by atoms with Crippen molar-refractivity contribution in [1.29, 1.82) is 0 Å². The van der Waals surface area contributed by atoms with E-state index in [1.54, 1.807) is 12.3 Å². The van der Waals surface area contributed by atoms with Gasteiger partial charge in [0.1, 0.15) is 10.6 Å². The smallest absolute Gasteiger partial charge is 0.147 e. The lowest BCUT2D eigenvalue weighted by molar-refractivity contribution is 0.496. The highest BCUT2D eigenvalue weighted by molar-refractivity contribution is 9.10. The average molecular weight is 363 g/mol. The lowest BCUT2D eigenvalue weighted by atomic mass is 10.0. The Hall–Kier alpha value is -0.430. The second kappa shape index (κ2) is 7.54. The SMILES string of the molecule is C=CCCC(N[S+]([O-])C(C)(C)C)c1c(F)cncc1Br. The van der Waals surface area contributed by atoms with Crippen molar-refractivity contribution >= 4 is 27.3 Å². The molecular formula is C14H20BrFN2OS. The van der Waals surface area contributed by atoms with Gasteiger partial charge in [0.05, 0.1) is 12.2 Å². The van der Waals surface area contributed by atoms with Crippen molar-refractivity contribution < 1.29 is 8.94 Å². The molecule has 0 saturated heterocycles. The van der Waals surface area contributed by atoms with Crippen LogP contribution in [0.3, 0.4) is 0 Å². The third-order valence-corrected chi connectivity index (χ3v) is 4.95. The summed E-state index contributed by atoms with van der Waals surface area (Å²) in [5.74, 6) is -0.410. The predicted octanol–water partition coefficient (Wildman–Crippen LogP) is 4.04. The third-order valence-electron chi connectivity index (χ3n) is 2.70. The summed E-state index contributed by atoms with van der Waals surface area (Å²) in [6, 6.07) is -0.356. The Bertz CT molecular complexity index is 445. The van der Waals surface area contributed by atoms with Gasteiger partial charge in [-0.15, -0.1) is 11.3 Å². The van der Waals surface area contributed by atoms with Gasteiger partial charge in [0, 0.05) is 27.6 Å². The van der Waals surface area contributed by atoms with Crippen LogP contribution in [0.15, 0.2) is 29.5 Å². The molecule has 1 aromatic heterocycles. The first-order valence-corrected chi connectivity index (χ1v) is 8.29. The van der Waals surface area contributed by atoms with E-state index in [0.717, 1.165) is 0 Å². The number of rotatable bonds is 6. The molecule has 0 radical (unpaired) electrons.